The van der Waals surface area contributed by atoms with Gasteiger partial charge in [0.15, 0.2) is 5.78 Å². The van der Waals surface area contributed by atoms with Crippen molar-refractivity contribution in [3.63, 3.8) is 0 Å². The van der Waals surface area contributed by atoms with Crippen LogP contribution >= 0.6 is 45.5 Å². The van der Waals surface area contributed by atoms with E-state index in [1.807, 2.05) is 36.4 Å². The Morgan fingerprint density at radius 3 is 2.43 bits per heavy atom. The number of nitrogens with one attached hydrogen (secondary N) is 1. The number of carbonyl (C=O) groups is 2. The number of alkyl halides is 1. The summed E-state index contributed by atoms with van der Waals surface area (Å²) in [6.07, 6.45) is 0. The number of amides is 1. The number of hydrogen-bond acceptors (Lipinski definition) is 3. The fraction of sp³-hybridized carbons (Fsp3) is 0.200. The molecule has 1 amide bonds. The van der Waals surface area contributed by atoms with Crippen molar-refractivity contribution >= 4 is 62.2 Å². The molecular formula is C15H13ClINO2S. The van der Waals surface area contributed by atoms with Crippen LogP contribution in [0.1, 0.15) is 26.4 Å². The maximum atomic E-state index is 12.7. The standard InChI is InChI=1S/C15H13ClINO2S/c1-8-9(2)21-15(18-12(19)7-17)13(8)14(20)10-3-5-11(16)6-4-10/h3-6H,7H2,1-2H3,(H,18,19). The van der Waals surface area contributed by atoms with Gasteiger partial charge in [-0.2, -0.15) is 0 Å². The van der Waals surface area contributed by atoms with E-state index < -0.39 is 0 Å². The Morgan fingerprint density at radius 2 is 1.86 bits per heavy atom. The summed E-state index contributed by atoms with van der Waals surface area (Å²) in [6, 6.07) is 6.76. The fourth-order valence-corrected chi connectivity index (χ4v) is 3.28. The summed E-state index contributed by atoms with van der Waals surface area (Å²) >= 11 is 9.27. The fourth-order valence-electron chi connectivity index (χ4n) is 1.89. The molecule has 0 saturated heterocycles. The average Bonchev–Trinajstić information content (AvgIpc) is 2.73. The zero-order chi connectivity index (χ0) is 15.6. The molecule has 1 heterocycles. The van der Waals surface area contributed by atoms with Crippen molar-refractivity contribution in [2.24, 2.45) is 0 Å². The second-order valence-electron chi connectivity index (χ2n) is 4.51. The van der Waals surface area contributed by atoms with Crippen molar-refractivity contribution in [2.75, 3.05) is 9.74 Å². The van der Waals surface area contributed by atoms with Gasteiger partial charge in [-0.05, 0) is 43.7 Å². The van der Waals surface area contributed by atoms with Gasteiger partial charge in [0, 0.05) is 15.5 Å². The molecule has 2 aromatic rings. The first-order chi connectivity index (χ1) is 9.93. The van der Waals surface area contributed by atoms with Gasteiger partial charge < -0.3 is 5.32 Å². The second kappa shape index (κ2) is 6.89. The number of aryl methyl sites for hydroxylation is 1. The van der Waals surface area contributed by atoms with E-state index >= 15 is 0 Å². The summed E-state index contributed by atoms with van der Waals surface area (Å²) in [5.41, 5.74) is 2.03. The van der Waals surface area contributed by atoms with Crippen LogP contribution in [0, 0.1) is 13.8 Å². The Labute approximate surface area is 145 Å². The summed E-state index contributed by atoms with van der Waals surface area (Å²) < 4.78 is 0.350. The first kappa shape index (κ1) is 16.5. The highest BCUT2D eigenvalue weighted by Crippen LogP contribution is 2.34. The number of ketones is 1. The van der Waals surface area contributed by atoms with Crippen molar-refractivity contribution in [3.05, 3.63) is 50.9 Å². The maximum Gasteiger partial charge on any atom is 0.234 e. The lowest BCUT2D eigenvalue weighted by atomic mass is 10.0. The minimum Gasteiger partial charge on any atom is -0.316 e. The molecule has 3 nitrogen and oxygen atoms in total. The largest absolute Gasteiger partial charge is 0.316 e. The molecule has 21 heavy (non-hydrogen) atoms. The molecule has 0 atom stereocenters. The topological polar surface area (TPSA) is 46.2 Å². The third-order valence-corrected chi connectivity index (χ3v) is 5.16. The third kappa shape index (κ3) is 3.64. The molecule has 1 aromatic carbocycles. The van der Waals surface area contributed by atoms with Crippen LogP contribution in [0.25, 0.3) is 0 Å². The number of halogens is 2. The molecule has 1 aromatic heterocycles. The highest BCUT2D eigenvalue weighted by molar-refractivity contribution is 14.1. The minimum atomic E-state index is -0.109. The van der Waals surface area contributed by atoms with Gasteiger partial charge >= 0.3 is 0 Å². The Kier molecular flexibility index (Phi) is 5.40. The van der Waals surface area contributed by atoms with E-state index in [-0.39, 0.29) is 11.7 Å². The normalized spacial score (nSPS) is 10.5. The van der Waals surface area contributed by atoms with Crippen LogP contribution < -0.4 is 5.32 Å². The van der Waals surface area contributed by atoms with E-state index in [2.05, 4.69) is 5.32 Å². The molecule has 0 aliphatic heterocycles. The summed E-state index contributed by atoms with van der Waals surface area (Å²) in [5, 5.41) is 4.01. The predicted molar refractivity (Wildman–Crippen MR) is 96.2 cm³/mol. The van der Waals surface area contributed by atoms with Crippen molar-refractivity contribution in [1.29, 1.82) is 0 Å². The van der Waals surface area contributed by atoms with E-state index in [9.17, 15) is 9.59 Å². The minimum absolute atomic E-state index is 0.0997. The van der Waals surface area contributed by atoms with Gasteiger partial charge in [0.2, 0.25) is 5.91 Å². The van der Waals surface area contributed by atoms with Gasteiger partial charge in [-0.3, -0.25) is 9.59 Å². The summed E-state index contributed by atoms with van der Waals surface area (Å²) in [7, 11) is 0. The lowest BCUT2D eigenvalue weighted by molar-refractivity contribution is -0.113. The first-order valence-electron chi connectivity index (χ1n) is 6.20. The number of anilines is 1. The smallest absolute Gasteiger partial charge is 0.234 e. The SMILES string of the molecule is Cc1sc(NC(=O)CI)c(C(=O)c2ccc(Cl)cc2)c1C. The second-order valence-corrected chi connectivity index (χ2v) is 6.93. The zero-order valence-corrected chi connectivity index (χ0v) is 15.2. The molecule has 0 bridgehead atoms. The average molecular weight is 434 g/mol. The molecule has 1 N–H and O–H groups in total. The van der Waals surface area contributed by atoms with Gasteiger partial charge in [0.05, 0.1) is 9.99 Å². The molecule has 0 aliphatic carbocycles. The Balaban J connectivity index is 2.44. The Morgan fingerprint density at radius 1 is 1.24 bits per heavy atom. The summed E-state index contributed by atoms with van der Waals surface area (Å²) in [6.45, 7) is 3.84. The molecule has 110 valence electrons. The van der Waals surface area contributed by atoms with Crippen LogP contribution in [0.3, 0.4) is 0 Å². The number of benzene rings is 1. The monoisotopic (exact) mass is 433 g/mol. The van der Waals surface area contributed by atoms with Crippen LogP contribution in [-0.4, -0.2) is 16.1 Å². The van der Waals surface area contributed by atoms with Gasteiger partial charge in [0.1, 0.15) is 5.00 Å². The highest BCUT2D eigenvalue weighted by Gasteiger charge is 2.21. The van der Waals surface area contributed by atoms with Gasteiger partial charge in [-0.1, -0.05) is 34.2 Å². The quantitative estimate of drug-likeness (QED) is 0.434. The molecular weight excluding hydrogens is 421 g/mol. The number of rotatable bonds is 4. The molecule has 6 heteroatoms. The van der Waals surface area contributed by atoms with E-state index in [1.54, 1.807) is 24.3 Å². The van der Waals surface area contributed by atoms with Gasteiger partial charge in [-0.25, -0.2) is 0 Å². The summed E-state index contributed by atoms with van der Waals surface area (Å²) in [5.74, 6) is -0.209. The molecule has 0 saturated carbocycles. The molecule has 0 aliphatic rings. The van der Waals surface area contributed by atoms with E-state index in [0.29, 0.717) is 25.6 Å². The predicted octanol–water partition coefficient (Wildman–Crippen LogP) is 4.62. The molecule has 0 spiro atoms. The van der Waals surface area contributed by atoms with E-state index in [0.717, 1.165) is 10.4 Å². The Hall–Kier alpha value is -0.920. The number of hydrogen-bond donors (Lipinski definition) is 1. The highest BCUT2D eigenvalue weighted by atomic mass is 127. The van der Waals surface area contributed by atoms with Crippen LogP contribution in [-0.2, 0) is 4.79 Å². The van der Waals surface area contributed by atoms with Gasteiger partial charge in [0.25, 0.3) is 0 Å². The van der Waals surface area contributed by atoms with Crippen molar-refractivity contribution in [3.8, 4) is 0 Å². The van der Waals surface area contributed by atoms with Crippen LogP contribution in [0.2, 0.25) is 5.02 Å². The molecule has 2 rings (SSSR count). The van der Waals surface area contributed by atoms with Crippen LogP contribution in [0.5, 0.6) is 0 Å². The zero-order valence-electron chi connectivity index (χ0n) is 11.5. The lowest BCUT2D eigenvalue weighted by Crippen LogP contribution is -2.14. The number of carbonyl (C=O) groups excluding carboxylic acids is 2. The van der Waals surface area contributed by atoms with Crippen molar-refractivity contribution < 1.29 is 9.59 Å². The van der Waals surface area contributed by atoms with Crippen LogP contribution in [0.4, 0.5) is 5.00 Å². The molecule has 0 radical (unpaired) electrons. The summed E-state index contributed by atoms with van der Waals surface area (Å²) in [4.78, 5) is 25.3. The molecule has 0 unspecified atom stereocenters. The maximum absolute atomic E-state index is 12.7. The van der Waals surface area contributed by atoms with Crippen molar-refractivity contribution in [2.45, 2.75) is 13.8 Å². The third-order valence-electron chi connectivity index (χ3n) is 3.09. The van der Waals surface area contributed by atoms with E-state index in [4.69, 9.17) is 11.6 Å². The van der Waals surface area contributed by atoms with E-state index in [1.165, 1.54) is 11.3 Å². The Bertz CT molecular complexity index is 694. The molecule has 0 fully saturated rings. The van der Waals surface area contributed by atoms with Crippen molar-refractivity contribution in [1.82, 2.24) is 0 Å². The van der Waals surface area contributed by atoms with Crippen LogP contribution in [0.15, 0.2) is 24.3 Å². The lowest BCUT2D eigenvalue weighted by Gasteiger charge is -2.06. The number of thiophene rings is 1. The first-order valence-corrected chi connectivity index (χ1v) is 8.92. The van der Waals surface area contributed by atoms with Gasteiger partial charge in [-0.15, -0.1) is 11.3 Å².